The molecule has 2 heterocycles. The fourth-order valence-electron chi connectivity index (χ4n) is 2.11. The van der Waals surface area contributed by atoms with Crippen LogP contribution in [0.3, 0.4) is 0 Å². The van der Waals surface area contributed by atoms with Gasteiger partial charge in [0.2, 0.25) is 6.41 Å². The molecule has 0 aliphatic carbocycles. The number of hydrogen-bond acceptors (Lipinski definition) is 6. The number of amides is 1. The molecular formula is C12H18N6O. The van der Waals surface area contributed by atoms with Gasteiger partial charge in [0.25, 0.3) is 0 Å². The summed E-state index contributed by atoms with van der Waals surface area (Å²) in [6.45, 7) is 4.27. The van der Waals surface area contributed by atoms with Crippen molar-refractivity contribution in [1.29, 1.82) is 0 Å². The third-order valence-electron chi connectivity index (χ3n) is 3.32. The number of carbonyl (C=O) groups excluding carboxylic acids is 1. The molecule has 1 aromatic rings. The first-order valence-electron chi connectivity index (χ1n) is 6.08. The van der Waals surface area contributed by atoms with Crippen LogP contribution in [0, 0.1) is 6.92 Å². The van der Waals surface area contributed by atoms with Crippen LogP contribution in [-0.4, -0.2) is 33.9 Å². The van der Waals surface area contributed by atoms with Crippen molar-refractivity contribution in [3.05, 3.63) is 29.5 Å². The number of nitrogens with two attached hydrogens (primary N) is 2. The van der Waals surface area contributed by atoms with E-state index < -0.39 is 0 Å². The zero-order valence-electron chi connectivity index (χ0n) is 11.1. The van der Waals surface area contributed by atoms with Crippen molar-refractivity contribution in [2.75, 3.05) is 11.6 Å². The Labute approximate surface area is 111 Å². The molecule has 19 heavy (non-hydrogen) atoms. The van der Waals surface area contributed by atoms with Gasteiger partial charge in [-0.25, -0.2) is 15.8 Å². The molecule has 7 nitrogen and oxygen atoms in total. The van der Waals surface area contributed by atoms with Gasteiger partial charge in [-0.05, 0) is 13.8 Å². The summed E-state index contributed by atoms with van der Waals surface area (Å²) in [6.07, 6.45) is 3.07. The number of nitrogens with zero attached hydrogens (tertiary/aromatic N) is 4. The zero-order chi connectivity index (χ0) is 14.0. The van der Waals surface area contributed by atoms with Crippen LogP contribution in [-0.2, 0) is 4.79 Å². The SMILES string of the molecule is Cc1nccc(N(N)C2=C(N)C(C)N(C=O)CC2)n1. The third-order valence-corrected chi connectivity index (χ3v) is 3.32. The Hall–Kier alpha value is -2.15. The summed E-state index contributed by atoms with van der Waals surface area (Å²) in [4.78, 5) is 20.8. The average molecular weight is 262 g/mol. The summed E-state index contributed by atoms with van der Waals surface area (Å²) in [6, 6.07) is 1.57. The Kier molecular flexibility index (Phi) is 3.66. The van der Waals surface area contributed by atoms with Gasteiger partial charge in [-0.3, -0.25) is 9.80 Å². The number of aryl methyl sites for hydroxylation is 1. The highest BCUT2D eigenvalue weighted by Gasteiger charge is 2.26. The van der Waals surface area contributed by atoms with Crippen molar-refractivity contribution in [2.45, 2.75) is 26.3 Å². The minimum Gasteiger partial charge on any atom is -0.399 e. The number of anilines is 1. The van der Waals surface area contributed by atoms with Crippen molar-refractivity contribution in [1.82, 2.24) is 14.9 Å². The summed E-state index contributed by atoms with van der Waals surface area (Å²) >= 11 is 0. The summed E-state index contributed by atoms with van der Waals surface area (Å²) in [5.41, 5.74) is 7.47. The average Bonchev–Trinajstić information content (AvgIpc) is 2.41. The van der Waals surface area contributed by atoms with E-state index in [-0.39, 0.29) is 6.04 Å². The highest BCUT2D eigenvalue weighted by Crippen LogP contribution is 2.23. The van der Waals surface area contributed by atoms with E-state index in [0.29, 0.717) is 30.3 Å². The lowest BCUT2D eigenvalue weighted by atomic mass is 10.1. The standard InChI is InChI=1S/C12H18N6O/c1-8-12(13)10(4-6-17(8)7-19)18(14)11-3-5-15-9(2)16-11/h3,5,7-8H,4,6,13-14H2,1-2H3. The van der Waals surface area contributed by atoms with E-state index in [9.17, 15) is 4.79 Å². The molecule has 0 spiro atoms. The maximum Gasteiger partial charge on any atom is 0.210 e. The van der Waals surface area contributed by atoms with Gasteiger partial charge in [0.1, 0.15) is 5.82 Å². The van der Waals surface area contributed by atoms with Gasteiger partial charge in [0.05, 0.1) is 17.4 Å². The molecule has 102 valence electrons. The minimum absolute atomic E-state index is 0.157. The number of aromatic nitrogens is 2. The van der Waals surface area contributed by atoms with E-state index in [4.69, 9.17) is 11.6 Å². The van der Waals surface area contributed by atoms with E-state index in [2.05, 4.69) is 9.97 Å². The largest absolute Gasteiger partial charge is 0.399 e. The Morgan fingerprint density at radius 1 is 1.58 bits per heavy atom. The highest BCUT2D eigenvalue weighted by molar-refractivity contribution is 5.52. The van der Waals surface area contributed by atoms with Crippen LogP contribution in [0.4, 0.5) is 5.82 Å². The predicted octanol–water partition coefficient (Wildman–Crippen LogP) is -0.114. The molecule has 1 aromatic heterocycles. The van der Waals surface area contributed by atoms with Crippen molar-refractivity contribution >= 4 is 12.2 Å². The predicted molar refractivity (Wildman–Crippen MR) is 71.5 cm³/mol. The molecule has 0 aromatic carbocycles. The molecule has 1 aliphatic heterocycles. The van der Waals surface area contributed by atoms with Crippen molar-refractivity contribution < 1.29 is 4.79 Å². The molecule has 1 unspecified atom stereocenters. The van der Waals surface area contributed by atoms with Gasteiger partial charge >= 0.3 is 0 Å². The van der Waals surface area contributed by atoms with Gasteiger partial charge < -0.3 is 10.6 Å². The molecule has 0 saturated carbocycles. The van der Waals surface area contributed by atoms with E-state index in [1.807, 2.05) is 6.92 Å². The molecule has 0 saturated heterocycles. The fourth-order valence-corrected chi connectivity index (χ4v) is 2.11. The molecule has 2 rings (SSSR count). The number of hydrazine groups is 1. The monoisotopic (exact) mass is 262 g/mol. The van der Waals surface area contributed by atoms with Crippen LogP contribution in [0.5, 0.6) is 0 Å². The Bertz CT molecular complexity index is 515. The van der Waals surface area contributed by atoms with Crippen molar-refractivity contribution in [3.8, 4) is 0 Å². The quantitative estimate of drug-likeness (QED) is 0.447. The lowest BCUT2D eigenvalue weighted by molar-refractivity contribution is -0.119. The van der Waals surface area contributed by atoms with Gasteiger partial charge in [-0.1, -0.05) is 0 Å². The van der Waals surface area contributed by atoms with Gasteiger partial charge in [-0.15, -0.1) is 0 Å². The first-order valence-corrected chi connectivity index (χ1v) is 6.08. The minimum atomic E-state index is -0.157. The molecule has 0 bridgehead atoms. The van der Waals surface area contributed by atoms with Crippen LogP contribution in [0.25, 0.3) is 0 Å². The van der Waals surface area contributed by atoms with Crippen LogP contribution in [0.15, 0.2) is 23.7 Å². The fraction of sp³-hybridized carbons (Fsp3) is 0.417. The third kappa shape index (κ3) is 2.50. The second kappa shape index (κ2) is 5.23. The molecule has 1 amide bonds. The molecule has 7 heteroatoms. The van der Waals surface area contributed by atoms with E-state index in [1.165, 1.54) is 5.01 Å². The molecule has 4 N–H and O–H groups in total. The molecule has 1 aliphatic rings. The van der Waals surface area contributed by atoms with Crippen molar-refractivity contribution in [2.24, 2.45) is 11.6 Å². The summed E-state index contributed by atoms with van der Waals surface area (Å²) in [5.74, 6) is 7.32. The smallest absolute Gasteiger partial charge is 0.210 e. The summed E-state index contributed by atoms with van der Waals surface area (Å²) < 4.78 is 0. The number of rotatable bonds is 3. The van der Waals surface area contributed by atoms with Crippen LogP contribution < -0.4 is 16.6 Å². The number of carbonyl (C=O) groups is 1. The maximum atomic E-state index is 10.9. The summed E-state index contributed by atoms with van der Waals surface area (Å²) in [7, 11) is 0. The molecule has 1 atom stereocenters. The van der Waals surface area contributed by atoms with E-state index >= 15 is 0 Å². The summed E-state index contributed by atoms with van der Waals surface area (Å²) in [5, 5.41) is 1.47. The first-order chi connectivity index (χ1) is 9.04. The van der Waals surface area contributed by atoms with E-state index in [0.717, 1.165) is 12.1 Å². The number of hydrogen-bond donors (Lipinski definition) is 2. The van der Waals surface area contributed by atoms with Crippen LogP contribution >= 0.6 is 0 Å². The zero-order valence-corrected chi connectivity index (χ0v) is 11.1. The molecule has 0 fully saturated rings. The normalized spacial score (nSPS) is 19.5. The second-order valence-corrected chi connectivity index (χ2v) is 4.50. The van der Waals surface area contributed by atoms with Gasteiger partial charge in [-0.2, -0.15) is 0 Å². The maximum absolute atomic E-state index is 10.9. The Morgan fingerprint density at radius 3 is 2.95 bits per heavy atom. The Morgan fingerprint density at radius 2 is 2.32 bits per heavy atom. The van der Waals surface area contributed by atoms with Crippen molar-refractivity contribution in [3.63, 3.8) is 0 Å². The van der Waals surface area contributed by atoms with Crippen LogP contribution in [0.2, 0.25) is 0 Å². The lowest BCUT2D eigenvalue weighted by Crippen LogP contribution is -2.46. The topological polar surface area (TPSA) is 101 Å². The molecule has 0 radical (unpaired) electrons. The first kappa shape index (κ1) is 13.3. The van der Waals surface area contributed by atoms with Gasteiger partial charge in [0, 0.05) is 25.2 Å². The van der Waals surface area contributed by atoms with Crippen LogP contribution in [0.1, 0.15) is 19.2 Å². The second-order valence-electron chi connectivity index (χ2n) is 4.50. The highest BCUT2D eigenvalue weighted by atomic mass is 16.1. The molecular weight excluding hydrogens is 244 g/mol. The Balaban J connectivity index is 2.31. The van der Waals surface area contributed by atoms with E-state index in [1.54, 1.807) is 24.1 Å². The lowest BCUT2D eigenvalue weighted by Gasteiger charge is -2.35. The van der Waals surface area contributed by atoms with Gasteiger partial charge in [0.15, 0.2) is 5.82 Å².